The fourth-order valence-electron chi connectivity index (χ4n) is 3.50. The van der Waals surface area contributed by atoms with Gasteiger partial charge in [0.05, 0.1) is 32.3 Å². The highest BCUT2D eigenvalue weighted by Gasteiger charge is 2.18. The van der Waals surface area contributed by atoms with Crippen LogP contribution in [0.25, 0.3) is 5.69 Å². The summed E-state index contributed by atoms with van der Waals surface area (Å²) in [4.78, 5) is 12.8. The quantitative estimate of drug-likeness (QED) is 0.225. The Morgan fingerprint density at radius 3 is 2.29 bits per heavy atom. The first-order valence-electron chi connectivity index (χ1n) is 11.7. The fourth-order valence-corrected chi connectivity index (χ4v) is 4.40. The topological polar surface area (TPSA) is 96.7 Å². The molecule has 9 nitrogen and oxygen atoms in total. The van der Waals surface area contributed by atoms with Gasteiger partial charge >= 0.3 is 0 Å². The number of nitrogens with zero attached hydrogens (tertiary/aromatic N) is 3. The molecule has 0 aliphatic rings. The molecule has 0 saturated carbocycles. The summed E-state index contributed by atoms with van der Waals surface area (Å²) in [5, 5.41) is 12.7. The third-order valence-electron chi connectivity index (χ3n) is 5.30. The molecule has 0 spiro atoms. The van der Waals surface area contributed by atoms with E-state index in [1.807, 2.05) is 35.8 Å². The van der Waals surface area contributed by atoms with Gasteiger partial charge in [-0.15, -0.1) is 10.2 Å². The van der Waals surface area contributed by atoms with Crippen LogP contribution >= 0.6 is 23.4 Å². The van der Waals surface area contributed by atoms with E-state index in [9.17, 15) is 4.79 Å². The van der Waals surface area contributed by atoms with Crippen LogP contribution in [0.4, 0.5) is 5.69 Å². The van der Waals surface area contributed by atoms with E-state index in [4.69, 9.17) is 30.5 Å². The van der Waals surface area contributed by atoms with Crippen LogP contribution in [0.5, 0.6) is 23.0 Å². The van der Waals surface area contributed by atoms with E-state index in [0.29, 0.717) is 45.5 Å². The predicted octanol–water partition coefficient (Wildman–Crippen LogP) is 5.65. The molecule has 0 bridgehead atoms. The minimum atomic E-state index is -0.223. The van der Waals surface area contributed by atoms with Crippen molar-refractivity contribution < 1.29 is 23.7 Å². The second-order valence-electron chi connectivity index (χ2n) is 7.81. The summed E-state index contributed by atoms with van der Waals surface area (Å²) in [6, 6.07) is 19.8. The van der Waals surface area contributed by atoms with E-state index >= 15 is 0 Å². The van der Waals surface area contributed by atoms with Gasteiger partial charge < -0.3 is 24.3 Å². The van der Waals surface area contributed by atoms with Crippen molar-refractivity contribution in [2.24, 2.45) is 0 Å². The maximum absolute atomic E-state index is 12.8. The van der Waals surface area contributed by atoms with E-state index in [1.165, 1.54) is 18.9 Å². The number of carbonyl (C=O) groups is 1. The van der Waals surface area contributed by atoms with E-state index in [0.717, 1.165) is 11.4 Å². The number of anilines is 1. The molecule has 4 aromatic rings. The van der Waals surface area contributed by atoms with Crippen LogP contribution < -0.4 is 24.3 Å². The Balaban J connectivity index is 1.51. The lowest BCUT2D eigenvalue weighted by Gasteiger charge is -2.13. The zero-order valence-corrected chi connectivity index (χ0v) is 22.7. The molecule has 0 fully saturated rings. The Morgan fingerprint density at radius 2 is 1.61 bits per heavy atom. The first-order chi connectivity index (χ1) is 18.5. The number of carbonyl (C=O) groups excluding carboxylic acids is 1. The molecule has 4 rings (SSSR count). The molecular formula is C27H27ClN4O5S. The summed E-state index contributed by atoms with van der Waals surface area (Å²) in [6.45, 7) is 2.67. The van der Waals surface area contributed by atoms with E-state index < -0.39 is 0 Å². The van der Waals surface area contributed by atoms with E-state index in [-0.39, 0.29) is 18.3 Å². The van der Waals surface area contributed by atoms with Gasteiger partial charge in [0.25, 0.3) is 0 Å². The molecule has 1 N–H and O–H groups in total. The number of ether oxygens (including phenoxy) is 4. The third kappa shape index (κ3) is 6.90. The van der Waals surface area contributed by atoms with E-state index in [1.54, 1.807) is 49.6 Å². The number of thioether (sulfide) groups is 1. The molecule has 0 saturated heterocycles. The van der Waals surface area contributed by atoms with Gasteiger partial charge in [-0.25, -0.2) is 0 Å². The van der Waals surface area contributed by atoms with Crippen molar-refractivity contribution in [1.29, 1.82) is 0 Å². The maximum Gasteiger partial charge on any atom is 0.234 e. The molecule has 1 heterocycles. The molecule has 0 unspecified atom stereocenters. The van der Waals surface area contributed by atoms with Gasteiger partial charge in [-0.2, -0.15) is 0 Å². The number of rotatable bonds is 12. The lowest BCUT2D eigenvalue weighted by atomic mass is 10.2. The maximum atomic E-state index is 12.8. The van der Waals surface area contributed by atoms with Gasteiger partial charge in [-0.05, 0) is 67.6 Å². The smallest absolute Gasteiger partial charge is 0.234 e. The van der Waals surface area contributed by atoms with Gasteiger partial charge in [0.1, 0.15) is 29.6 Å². The molecule has 0 atom stereocenters. The molecular weight excluding hydrogens is 528 g/mol. The number of benzene rings is 3. The molecule has 198 valence electrons. The standard InChI is InChI=1S/C27H27ClN4O5S/c1-4-36-20-11-7-19(8-12-20)32-25(16-37-21-9-5-18(28)6-10-21)30-31-27(32)38-17-26(33)29-23-14-13-22(34-2)15-24(23)35-3/h5-15H,4,16-17H2,1-3H3,(H,29,33). The number of amides is 1. The number of hydrogen-bond acceptors (Lipinski definition) is 8. The van der Waals surface area contributed by atoms with Crippen molar-refractivity contribution in [2.75, 3.05) is 31.9 Å². The molecule has 0 aliphatic carbocycles. The van der Waals surface area contributed by atoms with E-state index in [2.05, 4.69) is 15.5 Å². The highest BCUT2D eigenvalue weighted by atomic mass is 35.5. The molecule has 11 heteroatoms. The molecule has 0 radical (unpaired) electrons. The largest absolute Gasteiger partial charge is 0.497 e. The average molecular weight is 555 g/mol. The minimum absolute atomic E-state index is 0.0996. The van der Waals surface area contributed by atoms with Crippen molar-refractivity contribution in [3.63, 3.8) is 0 Å². The average Bonchev–Trinajstić information content (AvgIpc) is 3.35. The molecule has 38 heavy (non-hydrogen) atoms. The van der Waals surface area contributed by atoms with Crippen LogP contribution in [-0.4, -0.2) is 47.3 Å². The Kier molecular flexibility index (Phi) is 9.34. The Bertz CT molecular complexity index is 1360. The van der Waals surface area contributed by atoms with Crippen LogP contribution in [0.2, 0.25) is 5.02 Å². The molecule has 1 aromatic heterocycles. The van der Waals surface area contributed by atoms with Crippen molar-refractivity contribution in [2.45, 2.75) is 18.7 Å². The Labute approximate surface area is 230 Å². The lowest BCUT2D eigenvalue weighted by molar-refractivity contribution is -0.113. The summed E-state index contributed by atoms with van der Waals surface area (Å²) in [6.07, 6.45) is 0. The van der Waals surface area contributed by atoms with Gasteiger partial charge in [-0.1, -0.05) is 23.4 Å². The van der Waals surface area contributed by atoms with Crippen LogP contribution in [0, 0.1) is 0 Å². The lowest BCUT2D eigenvalue weighted by Crippen LogP contribution is -2.15. The second kappa shape index (κ2) is 13.1. The summed E-state index contributed by atoms with van der Waals surface area (Å²) < 4.78 is 23.9. The van der Waals surface area contributed by atoms with Gasteiger partial charge in [0.15, 0.2) is 11.0 Å². The normalized spacial score (nSPS) is 10.6. The van der Waals surface area contributed by atoms with Crippen molar-refractivity contribution in [3.8, 4) is 28.7 Å². The Hall–Kier alpha value is -3.89. The number of hydrogen-bond donors (Lipinski definition) is 1. The number of methoxy groups -OCH3 is 2. The first kappa shape index (κ1) is 27.2. The van der Waals surface area contributed by atoms with Crippen LogP contribution in [-0.2, 0) is 11.4 Å². The molecule has 0 aliphatic heterocycles. The van der Waals surface area contributed by atoms with Crippen molar-refractivity contribution >= 4 is 35.0 Å². The number of aromatic nitrogens is 3. The van der Waals surface area contributed by atoms with Crippen LogP contribution in [0.3, 0.4) is 0 Å². The number of halogens is 1. The van der Waals surface area contributed by atoms with Gasteiger partial charge in [0.2, 0.25) is 5.91 Å². The molecule has 3 aromatic carbocycles. The van der Waals surface area contributed by atoms with Crippen molar-refractivity contribution in [3.05, 3.63) is 77.6 Å². The zero-order chi connectivity index (χ0) is 26.9. The minimum Gasteiger partial charge on any atom is -0.497 e. The monoisotopic (exact) mass is 554 g/mol. The third-order valence-corrected chi connectivity index (χ3v) is 6.48. The summed E-state index contributed by atoms with van der Waals surface area (Å²) >= 11 is 7.23. The summed E-state index contributed by atoms with van der Waals surface area (Å²) in [7, 11) is 3.10. The fraction of sp³-hybridized carbons (Fsp3) is 0.222. The van der Waals surface area contributed by atoms with Gasteiger partial charge in [0, 0.05) is 16.8 Å². The summed E-state index contributed by atoms with van der Waals surface area (Å²) in [5.41, 5.74) is 1.36. The van der Waals surface area contributed by atoms with Crippen LogP contribution in [0.15, 0.2) is 71.9 Å². The predicted molar refractivity (Wildman–Crippen MR) is 147 cm³/mol. The second-order valence-corrected chi connectivity index (χ2v) is 9.19. The van der Waals surface area contributed by atoms with Crippen molar-refractivity contribution in [1.82, 2.24) is 14.8 Å². The highest BCUT2D eigenvalue weighted by molar-refractivity contribution is 7.99. The Morgan fingerprint density at radius 1 is 0.921 bits per heavy atom. The first-order valence-corrected chi connectivity index (χ1v) is 13.1. The van der Waals surface area contributed by atoms with Crippen LogP contribution in [0.1, 0.15) is 12.7 Å². The van der Waals surface area contributed by atoms with Gasteiger partial charge in [-0.3, -0.25) is 9.36 Å². The number of nitrogens with one attached hydrogen (secondary N) is 1. The SMILES string of the molecule is CCOc1ccc(-n2c(COc3ccc(Cl)cc3)nnc2SCC(=O)Nc2ccc(OC)cc2OC)cc1. The molecule has 1 amide bonds. The zero-order valence-electron chi connectivity index (χ0n) is 21.1. The highest BCUT2D eigenvalue weighted by Crippen LogP contribution is 2.30. The summed E-state index contributed by atoms with van der Waals surface area (Å²) in [5.74, 6) is 2.99.